The van der Waals surface area contributed by atoms with Crippen LogP contribution in [0.2, 0.25) is 0 Å². The van der Waals surface area contributed by atoms with Crippen LogP contribution in [0.25, 0.3) is 0 Å². The number of non-ortho nitro benzene ring substituents is 1. The summed E-state index contributed by atoms with van der Waals surface area (Å²) in [6, 6.07) is 13.8. The first-order valence-corrected chi connectivity index (χ1v) is 8.58. The zero-order chi connectivity index (χ0) is 20.0. The van der Waals surface area contributed by atoms with Crippen LogP contribution in [-0.2, 0) is 11.3 Å². The minimum Gasteiger partial charge on any atom is -0.324 e. The molecule has 1 N–H and O–H groups in total. The second-order valence-corrected chi connectivity index (χ2v) is 6.61. The maximum absolute atomic E-state index is 12.5. The predicted octanol–water partition coefficient (Wildman–Crippen LogP) is 3.62. The first-order chi connectivity index (χ1) is 12.8. The minimum absolute atomic E-state index is 0.0609. The zero-order valence-electron chi connectivity index (χ0n) is 15.6. The fourth-order valence-electron chi connectivity index (χ4n) is 2.57. The molecule has 0 aliphatic carbocycles. The lowest BCUT2D eigenvalue weighted by molar-refractivity contribution is -0.384. The van der Waals surface area contributed by atoms with Gasteiger partial charge in [-0.05, 0) is 44.0 Å². The Morgan fingerprint density at radius 2 is 1.93 bits per heavy atom. The van der Waals surface area contributed by atoms with Gasteiger partial charge in [-0.25, -0.2) is 0 Å². The number of nitriles is 1. The van der Waals surface area contributed by atoms with E-state index in [9.17, 15) is 14.9 Å². The van der Waals surface area contributed by atoms with Gasteiger partial charge in [-0.2, -0.15) is 5.26 Å². The number of amides is 1. The van der Waals surface area contributed by atoms with Gasteiger partial charge in [0.2, 0.25) is 5.91 Å². The highest BCUT2D eigenvalue weighted by Gasteiger charge is 2.16. The third-order valence-electron chi connectivity index (χ3n) is 4.25. The molecule has 0 aromatic heterocycles. The van der Waals surface area contributed by atoms with E-state index in [0.29, 0.717) is 17.8 Å². The van der Waals surface area contributed by atoms with Gasteiger partial charge in [0.05, 0.1) is 28.8 Å². The molecule has 0 radical (unpaired) electrons. The average molecular weight is 366 g/mol. The molecule has 2 aromatic carbocycles. The average Bonchev–Trinajstić information content (AvgIpc) is 2.63. The smallest absolute Gasteiger partial charge is 0.271 e. The van der Waals surface area contributed by atoms with Crippen LogP contribution in [0.5, 0.6) is 0 Å². The SMILES string of the molecule is Cc1ccc([N+](=O)[O-])cc1NC(=O)CN(Cc1ccc(C#N)cc1)C(C)C. The predicted molar refractivity (Wildman–Crippen MR) is 103 cm³/mol. The second kappa shape index (κ2) is 8.92. The van der Waals surface area contributed by atoms with E-state index in [2.05, 4.69) is 11.4 Å². The van der Waals surface area contributed by atoms with Crippen molar-refractivity contribution < 1.29 is 9.72 Å². The summed E-state index contributed by atoms with van der Waals surface area (Å²) in [6.07, 6.45) is 0. The van der Waals surface area contributed by atoms with Gasteiger partial charge in [-0.15, -0.1) is 0 Å². The number of carbonyl (C=O) groups excluding carboxylic acids is 1. The van der Waals surface area contributed by atoms with Crippen LogP contribution in [0.15, 0.2) is 42.5 Å². The van der Waals surface area contributed by atoms with Crippen molar-refractivity contribution in [2.45, 2.75) is 33.4 Å². The number of nitro benzene ring substituents is 1. The van der Waals surface area contributed by atoms with E-state index in [0.717, 1.165) is 11.1 Å². The molecule has 0 saturated carbocycles. The fourth-order valence-corrected chi connectivity index (χ4v) is 2.57. The van der Waals surface area contributed by atoms with Gasteiger partial charge in [0.25, 0.3) is 5.69 Å². The molecule has 7 nitrogen and oxygen atoms in total. The van der Waals surface area contributed by atoms with E-state index in [1.54, 1.807) is 25.1 Å². The van der Waals surface area contributed by atoms with Crippen molar-refractivity contribution in [3.8, 4) is 6.07 Å². The van der Waals surface area contributed by atoms with Crippen molar-refractivity contribution in [1.82, 2.24) is 4.90 Å². The molecule has 0 aliphatic rings. The number of anilines is 1. The highest BCUT2D eigenvalue weighted by molar-refractivity contribution is 5.93. The number of rotatable bonds is 7. The number of benzene rings is 2. The largest absolute Gasteiger partial charge is 0.324 e. The maximum atomic E-state index is 12.5. The number of nitrogens with one attached hydrogen (secondary N) is 1. The normalized spacial score (nSPS) is 10.7. The molecule has 2 aromatic rings. The summed E-state index contributed by atoms with van der Waals surface area (Å²) in [5.74, 6) is -0.235. The summed E-state index contributed by atoms with van der Waals surface area (Å²) in [6.45, 7) is 6.49. The lowest BCUT2D eigenvalue weighted by atomic mass is 10.1. The number of nitro groups is 1. The third-order valence-corrected chi connectivity index (χ3v) is 4.25. The Hall–Kier alpha value is -3.24. The monoisotopic (exact) mass is 366 g/mol. The molecule has 0 bridgehead atoms. The van der Waals surface area contributed by atoms with E-state index < -0.39 is 4.92 Å². The van der Waals surface area contributed by atoms with Crippen molar-refractivity contribution in [2.24, 2.45) is 0 Å². The van der Waals surface area contributed by atoms with E-state index in [-0.39, 0.29) is 24.2 Å². The lowest BCUT2D eigenvalue weighted by Crippen LogP contribution is -2.37. The topological polar surface area (TPSA) is 99.3 Å². The molecule has 27 heavy (non-hydrogen) atoms. The summed E-state index contributed by atoms with van der Waals surface area (Å²) in [5.41, 5.74) is 2.73. The van der Waals surface area contributed by atoms with Gasteiger partial charge < -0.3 is 5.32 Å². The van der Waals surface area contributed by atoms with Crippen LogP contribution in [-0.4, -0.2) is 28.3 Å². The highest BCUT2D eigenvalue weighted by Crippen LogP contribution is 2.22. The number of nitrogens with zero attached hydrogens (tertiary/aromatic N) is 3. The molecule has 0 aliphatic heterocycles. The Morgan fingerprint density at radius 1 is 1.26 bits per heavy atom. The third kappa shape index (κ3) is 5.62. The van der Waals surface area contributed by atoms with E-state index in [1.165, 1.54) is 12.1 Å². The summed E-state index contributed by atoms with van der Waals surface area (Å²) in [5, 5.41) is 22.6. The van der Waals surface area contributed by atoms with Gasteiger partial charge in [0.15, 0.2) is 0 Å². The van der Waals surface area contributed by atoms with E-state index >= 15 is 0 Å². The molecule has 0 atom stereocenters. The summed E-state index contributed by atoms with van der Waals surface area (Å²) >= 11 is 0. The van der Waals surface area contributed by atoms with Gasteiger partial charge in [0, 0.05) is 24.7 Å². The minimum atomic E-state index is -0.486. The van der Waals surface area contributed by atoms with Gasteiger partial charge in [-0.3, -0.25) is 19.8 Å². The van der Waals surface area contributed by atoms with Crippen LogP contribution in [0.3, 0.4) is 0 Å². The van der Waals surface area contributed by atoms with Crippen LogP contribution >= 0.6 is 0 Å². The number of carbonyl (C=O) groups is 1. The number of aryl methyl sites for hydroxylation is 1. The summed E-state index contributed by atoms with van der Waals surface area (Å²) in [7, 11) is 0. The quantitative estimate of drug-likeness (QED) is 0.596. The van der Waals surface area contributed by atoms with Crippen LogP contribution < -0.4 is 5.32 Å². The van der Waals surface area contributed by atoms with Crippen LogP contribution in [0.4, 0.5) is 11.4 Å². The number of hydrogen-bond acceptors (Lipinski definition) is 5. The first-order valence-electron chi connectivity index (χ1n) is 8.58. The Bertz CT molecular complexity index is 870. The van der Waals surface area contributed by atoms with Crippen molar-refractivity contribution >= 4 is 17.3 Å². The standard InChI is InChI=1S/C20H22N4O3/c1-14(2)23(12-17-7-5-16(11-21)6-8-17)13-20(25)22-19-10-18(24(26)27)9-4-15(19)3/h4-10,14H,12-13H2,1-3H3,(H,22,25). The van der Waals surface area contributed by atoms with Crippen molar-refractivity contribution in [3.63, 3.8) is 0 Å². The Labute approximate surface area is 158 Å². The second-order valence-electron chi connectivity index (χ2n) is 6.61. The molecular formula is C20H22N4O3. The highest BCUT2D eigenvalue weighted by atomic mass is 16.6. The molecule has 140 valence electrons. The molecule has 1 amide bonds. The Kier molecular flexibility index (Phi) is 6.63. The molecule has 0 spiro atoms. The Morgan fingerprint density at radius 3 is 2.48 bits per heavy atom. The van der Waals surface area contributed by atoms with Gasteiger partial charge >= 0.3 is 0 Å². The van der Waals surface area contributed by atoms with Crippen molar-refractivity contribution in [2.75, 3.05) is 11.9 Å². The lowest BCUT2D eigenvalue weighted by Gasteiger charge is -2.26. The van der Waals surface area contributed by atoms with Gasteiger partial charge in [0.1, 0.15) is 0 Å². The van der Waals surface area contributed by atoms with Gasteiger partial charge in [-0.1, -0.05) is 18.2 Å². The molecule has 0 unspecified atom stereocenters. The van der Waals surface area contributed by atoms with Crippen molar-refractivity contribution in [1.29, 1.82) is 5.26 Å². The van der Waals surface area contributed by atoms with Crippen LogP contribution in [0.1, 0.15) is 30.5 Å². The molecular weight excluding hydrogens is 344 g/mol. The molecule has 2 rings (SSSR count). The van der Waals surface area contributed by atoms with E-state index in [4.69, 9.17) is 5.26 Å². The zero-order valence-corrected chi connectivity index (χ0v) is 15.6. The van der Waals surface area contributed by atoms with E-state index in [1.807, 2.05) is 30.9 Å². The number of hydrogen-bond donors (Lipinski definition) is 1. The molecule has 7 heteroatoms. The molecule has 0 fully saturated rings. The fraction of sp³-hybridized carbons (Fsp3) is 0.300. The maximum Gasteiger partial charge on any atom is 0.271 e. The first kappa shape index (κ1) is 20.1. The van der Waals surface area contributed by atoms with Crippen molar-refractivity contribution in [3.05, 3.63) is 69.3 Å². The summed E-state index contributed by atoms with van der Waals surface area (Å²) in [4.78, 5) is 24.9. The van der Waals surface area contributed by atoms with Crippen LogP contribution in [0, 0.1) is 28.4 Å². The summed E-state index contributed by atoms with van der Waals surface area (Å²) < 4.78 is 0. The Balaban J connectivity index is 2.07. The molecule has 0 heterocycles. The molecule has 0 saturated heterocycles.